The number of rotatable bonds is 3. The van der Waals surface area contributed by atoms with Crippen LogP contribution in [0.5, 0.6) is 0 Å². The van der Waals surface area contributed by atoms with Crippen molar-refractivity contribution in [2.75, 3.05) is 12.0 Å². The Morgan fingerprint density at radius 2 is 1.84 bits per heavy atom. The quantitative estimate of drug-likeness (QED) is 0.451. The van der Waals surface area contributed by atoms with Crippen LogP contribution in [0.3, 0.4) is 0 Å². The lowest BCUT2D eigenvalue weighted by Crippen LogP contribution is -2.51. The van der Waals surface area contributed by atoms with E-state index in [9.17, 15) is 9.50 Å². The Kier molecular flexibility index (Phi) is 4.89. The van der Waals surface area contributed by atoms with Crippen molar-refractivity contribution in [3.63, 3.8) is 0 Å². The van der Waals surface area contributed by atoms with Crippen molar-refractivity contribution in [2.24, 2.45) is 40.9 Å². The zero-order valence-electron chi connectivity index (χ0n) is 15.7. The molecule has 0 aromatic rings. The molecular weight excluding hydrogens is 379 g/mol. The van der Waals surface area contributed by atoms with E-state index in [4.69, 9.17) is 0 Å². The highest BCUT2D eigenvalue weighted by Gasteiger charge is 2.57. The lowest BCUT2D eigenvalue weighted by molar-refractivity contribution is -0.110. The zero-order valence-corrected chi connectivity index (χ0v) is 17.2. The number of alkyl halides is 2. The smallest absolute Gasteiger partial charge is 0.118 e. The summed E-state index contributed by atoms with van der Waals surface area (Å²) in [5, 5.41) is 11.4. The van der Waals surface area contributed by atoms with Crippen LogP contribution in [-0.2, 0) is 0 Å². The maximum Gasteiger partial charge on any atom is 0.118 e. The van der Waals surface area contributed by atoms with Crippen molar-refractivity contribution in [3.8, 4) is 0 Å². The molecule has 8 atom stereocenters. The standard InChI is InChI=1S/C22H34BrFO/c1-14(12-23)19-5-6-20-18-4-3-15-11-22(25,13-24)10-8-16(15)17(18)7-9-21(19,20)2/h15-20,25H,1,3-13H2,2H3/t15-,16-,17+,18+,19+,20-,21+,22+/m0/s1. The number of hydrogen-bond donors (Lipinski definition) is 1. The third kappa shape index (κ3) is 2.87. The van der Waals surface area contributed by atoms with Crippen LogP contribution in [0.25, 0.3) is 0 Å². The van der Waals surface area contributed by atoms with Crippen LogP contribution in [0, 0.1) is 40.9 Å². The third-order valence-corrected chi connectivity index (χ3v) is 9.74. The minimum absolute atomic E-state index is 0.452. The fourth-order valence-electron chi connectivity index (χ4n) is 7.85. The molecule has 0 unspecified atom stereocenters. The van der Waals surface area contributed by atoms with Crippen molar-refractivity contribution in [1.82, 2.24) is 0 Å². The second-order valence-corrected chi connectivity index (χ2v) is 10.6. The minimum Gasteiger partial charge on any atom is -0.387 e. The minimum atomic E-state index is -1.01. The molecule has 1 nitrogen and oxygen atoms in total. The number of hydrogen-bond acceptors (Lipinski definition) is 1. The Bertz CT molecular complexity index is 536. The predicted octanol–water partition coefficient (Wildman–Crippen LogP) is 5.91. The summed E-state index contributed by atoms with van der Waals surface area (Å²) in [7, 11) is 0. The summed E-state index contributed by atoms with van der Waals surface area (Å²) < 4.78 is 13.3. The first-order chi connectivity index (χ1) is 11.9. The Hall–Kier alpha value is 0.110. The number of allylic oxidation sites excluding steroid dienone is 1. The molecule has 0 aromatic heterocycles. The summed E-state index contributed by atoms with van der Waals surface area (Å²) in [6, 6.07) is 0. The molecule has 4 fully saturated rings. The zero-order chi connectivity index (χ0) is 17.8. The van der Waals surface area contributed by atoms with Gasteiger partial charge < -0.3 is 5.11 Å². The van der Waals surface area contributed by atoms with Gasteiger partial charge in [-0.15, -0.1) is 0 Å². The molecule has 0 aliphatic heterocycles. The van der Waals surface area contributed by atoms with Gasteiger partial charge >= 0.3 is 0 Å². The highest BCUT2D eigenvalue weighted by atomic mass is 79.9. The van der Waals surface area contributed by atoms with E-state index < -0.39 is 12.3 Å². The summed E-state index contributed by atoms with van der Waals surface area (Å²) in [4.78, 5) is 0. The average Bonchev–Trinajstić information content (AvgIpc) is 2.98. The van der Waals surface area contributed by atoms with Crippen LogP contribution in [0.15, 0.2) is 12.2 Å². The number of aliphatic hydroxyl groups is 1. The average molecular weight is 413 g/mol. The monoisotopic (exact) mass is 412 g/mol. The van der Waals surface area contributed by atoms with Crippen LogP contribution in [-0.4, -0.2) is 22.7 Å². The number of fused-ring (bicyclic) bond motifs is 5. The van der Waals surface area contributed by atoms with Crippen LogP contribution < -0.4 is 0 Å². The molecule has 4 aliphatic rings. The van der Waals surface area contributed by atoms with Gasteiger partial charge in [0.1, 0.15) is 6.67 Å². The van der Waals surface area contributed by atoms with E-state index >= 15 is 0 Å². The first-order valence-electron chi connectivity index (χ1n) is 10.4. The molecule has 3 heteroatoms. The molecule has 142 valence electrons. The maximum absolute atomic E-state index is 13.3. The van der Waals surface area contributed by atoms with Crippen molar-refractivity contribution >= 4 is 15.9 Å². The van der Waals surface area contributed by atoms with Gasteiger partial charge in [-0.05, 0) is 98.7 Å². The van der Waals surface area contributed by atoms with Crippen LogP contribution >= 0.6 is 15.9 Å². The van der Waals surface area contributed by atoms with Gasteiger partial charge in [0.25, 0.3) is 0 Å². The Morgan fingerprint density at radius 1 is 1.08 bits per heavy atom. The van der Waals surface area contributed by atoms with E-state index in [0.717, 1.165) is 35.4 Å². The number of halogens is 2. The van der Waals surface area contributed by atoms with Crippen molar-refractivity contribution < 1.29 is 9.50 Å². The molecular formula is C22H34BrFO. The van der Waals surface area contributed by atoms with E-state index in [-0.39, 0.29) is 0 Å². The SMILES string of the molecule is C=C(CBr)[C@H]1CC[C@H]2[C@@H]3CC[C@H]4C[C@@](O)(CF)CC[C@@H]4[C@H]3CC[C@]12C. The van der Waals surface area contributed by atoms with Gasteiger partial charge in [-0.3, -0.25) is 0 Å². The van der Waals surface area contributed by atoms with E-state index in [1.165, 1.54) is 44.1 Å². The van der Waals surface area contributed by atoms with Crippen molar-refractivity contribution in [2.45, 2.75) is 70.3 Å². The van der Waals surface area contributed by atoms with E-state index in [1.54, 1.807) is 0 Å². The molecule has 0 radical (unpaired) electrons. The molecule has 4 saturated carbocycles. The molecule has 25 heavy (non-hydrogen) atoms. The van der Waals surface area contributed by atoms with Crippen LogP contribution in [0.4, 0.5) is 4.39 Å². The van der Waals surface area contributed by atoms with Crippen molar-refractivity contribution in [1.29, 1.82) is 0 Å². The first kappa shape index (κ1) is 18.5. The third-order valence-electron chi connectivity index (χ3n) is 9.02. The Morgan fingerprint density at radius 3 is 2.56 bits per heavy atom. The van der Waals surface area contributed by atoms with E-state index in [2.05, 4.69) is 29.4 Å². The summed E-state index contributed by atoms with van der Waals surface area (Å²) in [6.45, 7) is 6.37. The van der Waals surface area contributed by atoms with Gasteiger partial charge in [0, 0.05) is 5.33 Å². The van der Waals surface area contributed by atoms with Gasteiger partial charge in [0.2, 0.25) is 0 Å². The van der Waals surface area contributed by atoms with Crippen LogP contribution in [0.1, 0.15) is 64.7 Å². The van der Waals surface area contributed by atoms with Crippen LogP contribution in [0.2, 0.25) is 0 Å². The Balaban J connectivity index is 1.52. The second-order valence-electron chi connectivity index (χ2n) is 10.0. The molecule has 0 heterocycles. The van der Waals surface area contributed by atoms with Gasteiger partial charge in [0.15, 0.2) is 0 Å². The lowest BCUT2D eigenvalue weighted by Gasteiger charge is -2.57. The van der Waals surface area contributed by atoms with E-state index in [1.807, 2.05) is 0 Å². The summed E-state index contributed by atoms with van der Waals surface area (Å²) in [5.74, 6) is 4.55. The Labute approximate surface area is 161 Å². The van der Waals surface area contributed by atoms with E-state index in [0.29, 0.717) is 30.1 Å². The van der Waals surface area contributed by atoms with Crippen molar-refractivity contribution in [3.05, 3.63) is 12.2 Å². The van der Waals surface area contributed by atoms with Gasteiger partial charge in [-0.1, -0.05) is 35.0 Å². The molecule has 0 amide bonds. The predicted molar refractivity (Wildman–Crippen MR) is 104 cm³/mol. The largest absolute Gasteiger partial charge is 0.387 e. The summed E-state index contributed by atoms with van der Waals surface area (Å²) >= 11 is 3.64. The maximum atomic E-state index is 13.3. The van der Waals surface area contributed by atoms with Gasteiger partial charge in [0.05, 0.1) is 5.60 Å². The normalized spacial score (nSPS) is 52.2. The highest BCUT2D eigenvalue weighted by molar-refractivity contribution is 9.09. The topological polar surface area (TPSA) is 20.2 Å². The fraction of sp³-hybridized carbons (Fsp3) is 0.909. The fourth-order valence-corrected chi connectivity index (χ4v) is 8.24. The lowest BCUT2D eigenvalue weighted by atomic mass is 9.49. The summed E-state index contributed by atoms with van der Waals surface area (Å²) in [6.07, 6.45) is 10.3. The second kappa shape index (κ2) is 6.62. The molecule has 4 rings (SSSR count). The van der Waals surface area contributed by atoms with Gasteiger partial charge in [-0.2, -0.15) is 0 Å². The molecule has 0 aromatic carbocycles. The highest BCUT2D eigenvalue weighted by Crippen LogP contribution is 2.65. The first-order valence-corrected chi connectivity index (χ1v) is 11.6. The molecule has 4 aliphatic carbocycles. The van der Waals surface area contributed by atoms with Gasteiger partial charge in [-0.25, -0.2) is 4.39 Å². The summed E-state index contributed by atoms with van der Waals surface area (Å²) in [5.41, 5.74) is 0.846. The molecule has 0 saturated heterocycles. The molecule has 0 bridgehead atoms. The molecule has 0 spiro atoms. The molecule has 1 N–H and O–H groups in total.